The highest BCUT2D eigenvalue weighted by Gasteiger charge is 2.42. The number of hydrogen-bond donors (Lipinski definition) is 0. The molecule has 0 aromatic heterocycles. The topological polar surface area (TPSA) is 34.1 Å². The van der Waals surface area contributed by atoms with E-state index in [2.05, 4.69) is 0 Å². The Hall–Kier alpha value is -2.40. The summed E-state index contributed by atoms with van der Waals surface area (Å²) in [5, 5.41) is 8.61. The molecule has 0 amide bonds. The fraction of sp³-hybridized carbons (Fsp3) is 0.174. The number of ether oxygens (including phenoxy) is 2. The first kappa shape index (κ1) is 19.6. The third kappa shape index (κ3) is 3.39. The molecule has 5 rings (SSSR count). The van der Waals surface area contributed by atoms with E-state index in [1.165, 1.54) is 0 Å². The number of halogens is 3. The van der Waals surface area contributed by atoms with Crippen LogP contribution in [0.15, 0.2) is 65.8 Å². The highest BCUT2D eigenvalue weighted by atomic mass is 35.5. The SMILES string of the molecule is COc1ccc(C2=NN3C(C2)c2cc(Cl)cc(Cl)c2OC3c2cccc(Cl)c2)cc1. The van der Waals surface area contributed by atoms with E-state index in [4.69, 9.17) is 49.4 Å². The molecule has 0 aliphatic carbocycles. The Morgan fingerprint density at radius 2 is 1.80 bits per heavy atom. The molecule has 2 unspecified atom stereocenters. The lowest BCUT2D eigenvalue weighted by Crippen LogP contribution is -2.33. The molecule has 0 spiro atoms. The zero-order valence-corrected chi connectivity index (χ0v) is 18.2. The van der Waals surface area contributed by atoms with Gasteiger partial charge in [0.25, 0.3) is 0 Å². The van der Waals surface area contributed by atoms with Crippen LogP contribution in [0.2, 0.25) is 15.1 Å². The molecular formula is C23H17Cl3N2O2. The molecule has 3 aromatic rings. The van der Waals surface area contributed by atoms with Crippen LogP contribution in [-0.2, 0) is 0 Å². The Bertz CT molecular complexity index is 1150. The molecule has 0 N–H and O–H groups in total. The highest BCUT2D eigenvalue weighted by molar-refractivity contribution is 6.35. The predicted octanol–water partition coefficient (Wildman–Crippen LogP) is 6.90. The molecule has 7 heteroatoms. The fourth-order valence-electron chi connectivity index (χ4n) is 3.95. The Labute approximate surface area is 189 Å². The van der Waals surface area contributed by atoms with Gasteiger partial charge in [-0.3, -0.25) is 0 Å². The maximum Gasteiger partial charge on any atom is 0.214 e. The molecule has 0 bridgehead atoms. The van der Waals surface area contributed by atoms with Crippen molar-refractivity contribution in [3.8, 4) is 11.5 Å². The van der Waals surface area contributed by atoms with Gasteiger partial charge in [-0.2, -0.15) is 5.10 Å². The van der Waals surface area contributed by atoms with E-state index in [1.807, 2.05) is 59.6 Å². The molecule has 2 heterocycles. The lowest BCUT2D eigenvalue weighted by Gasteiger charge is -2.38. The number of nitrogens with zero attached hydrogens (tertiary/aromatic N) is 2. The van der Waals surface area contributed by atoms with Crippen LogP contribution in [0.5, 0.6) is 11.5 Å². The minimum Gasteiger partial charge on any atom is -0.497 e. The number of rotatable bonds is 3. The molecule has 0 saturated carbocycles. The summed E-state index contributed by atoms with van der Waals surface area (Å²) in [5.74, 6) is 1.44. The number of fused-ring (bicyclic) bond motifs is 3. The fourth-order valence-corrected chi connectivity index (χ4v) is 4.71. The zero-order chi connectivity index (χ0) is 20.8. The second kappa shape index (κ2) is 7.69. The number of hydrogen-bond acceptors (Lipinski definition) is 4. The molecule has 30 heavy (non-hydrogen) atoms. The van der Waals surface area contributed by atoms with Crippen LogP contribution in [-0.4, -0.2) is 17.8 Å². The van der Waals surface area contributed by atoms with Crippen LogP contribution in [0.4, 0.5) is 0 Å². The molecule has 3 aromatic carbocycles. The van der Waals surface area contributed by atoms with E-state index in [0.29, 0.717) is 27.2 Å². The number of benzene rings is 3. The van der Waals surface area contributed by atoms with Gasteiger partial charge in [0.1, 0.15) is 11.5 Å². The maximum absolute atomic E-state index is 6.50. The summed E-state index contributed by atoms with van der Waals surface area (Å²) < 4.78 is 11.6. The van der Waals surface area contributed by atoms with Crippen LogP contribution in [0.3, 0.4) is 0 Å². The molecule has 4 nitrogen and oxygen atoms in total. The average Bonchev–Trinajstić information content (AvgIpc) is 3.19. The van der Waals surface area contributed by atoms with Crippen molar-refractivity contribution in [2.45, 2.75) is 18.7 Å². The van der Waals surface area contributed by atoms with E-state index in [1.54, 1.807) is 13.2 Å². The molecule has 2 aliphatic heterocycles. The quantitative estimate of drug-likeness (QED) is 0.427. The summed E-state index contributed by atoms with van der Waals surface area (Å²) in [6, 6.07) is 19.0. The van der Waals surface area contributed by atoms with Gasteiger partial charge in [0.05, 0.1) is 23.9 Å². The van der Waals surface area contributed by atoms with E-state index < -0.39 is 6.23 Å². The van der Waals surface area contributed by atoms with Crippen molar-refractivity contribution in [3.63, 3.8) is 0 Å². The largest absolute Gasteiger partial charge is 0.497 e. The third-order valence-electron chi connectivity index (χ3n) is 5.37. The second-order valence-corrected chi connectivity index (χ2v) is 8.49. The van der Waals surface area contributed by atoms with Crippen LogP contribution < -0.4 is 9.47 Å². The van der Waals surface area contributed by atoms with Crippen LogP contribution in [0.25, 0.3) is 0 Å². The standard InChI is InChI=1S/C23H17Cl3N2O2/c1-29-17-7-5-13(6-8-17)20-12-21-18-10-16(25)11-19(26)22(18)30-23(28(21)27-20)14-3-2-4-15(24)9-14/h2-11,21,23H,12H2,1H3. The predicted molar refractivity (Wildman–Crippen MR) is 120 cm³/mol. The van der Waals surface area contributed by atoms with Crippen LogP contribution in [0.1, 0.15) is 35.4 Å². The van der Waals surface area contributed by atoms with Crippen molar-refractivity contribution in [2.75, 3.05) is 7.11 Å². The zero-order valence-electron chi connectivity index (χ0n) is 16.0. The van der Waals surface area contributed by atoms with E-state index >= 15 is 0 Å². The molecule has 0 saturated heterocycles. The Kier molecular flexibility index (Phi) is 5.02. The minimum absolute atomic E-state index is 0.0500. The van der Waals surface area contributed by atoms with Crippen LogP contribution in [0, 0.1) is 0 Å². The Balaban J connectivity index is 1.61. The van der Waals surface area contributed by atoms with Gasteiger partial charge in [-0.05, 0) is 54.1 Å². The lowest BCUT2D eigenvalue weighted by atomic mass is 9.96. The van der Waals surface area contributed by atoms with Crippen molar-refractivity contribution in [2.24, 2.45) is 5.10 Å². The van der Waals surface area contributed by atoms with Gasteiger partial charge in [0.15, 0.2) is 0 Å². The molecular weight excluding hydrogens is 443 g/mol. The van der Waals surface area contributed by atoms with Crippen molar-refractivity contribution in [3.05, 3.63) is 92.4 Å². The first-order valence-electron chi connectivity index (χ1n) is 9.45. The highest BCUT2D eigenvalue weighted by Crippen LogP contribution is 2.50. The first-order chi connectivity index (χ1) is 14.5. The normalized spacial score (nSPS) is 19.6. The second-order valence-electron chi connectivity index (χ2n) is 7.21. The first-order valence-corrected chi connectivity index (χ1v) is 10.6. The van der Waals surface area contributed by atoms with E-state index in [0.717, 1.165) is 28.2 Å². The van der Waals surface area contributed by atoms with Crippen LogP contribution >= 0.6 is 34.8 Å². The summed E-state index contributed by atoms with van der Waals surface area (Å²) in [4.78, 5) is 0. The smallest absolute Gasteiger partial charge is 0.214 e. The van der Waals surface area contributed by atoms with Crippen molar-refractivity contribution >= 4 is 40.5 Å². The van der Waals surface area contributed by atoms with Gasteiger partial charge in [0.2, 0.25) is 6.23 Å². The van der Waals surface area contributed by atoms with Gasteiger partial charge in [-0.1, -0.05) is 46.9 Å². The van der Waals surface area contributed by atoms with Crippen molar-refractivity contribution in [1.29, 1.82) is 0 Å². The third-order valence-corrected chi connectivity index (χ3v) is 6.10. The van der Waals surface area contributed by atoms with Gasteiger partial charge >= 0.3 is 0 Å². The molecule has 0 fully saturated rings. The Morgan fingerprint density at radius 1 is 1.00 bits per heavy atom. The maximum atomic E-state index is 6.50. The van der Waals surface area contributed by atoms with Gasteiger partial charge in [-0.15, -0.1) is 0 Å². The molecule has 0 radical (unpaired) electrons. The molecule has 2 aliphatic rings. The molecule has 2 atom stereocenters. The average molecular weight is 460 g/mol. The van der Waals surface area contributed by atoms with E-state index in [-0.39, 0.29) is 6.04 Å². The summed E-state index contributed by atoms with van der Waals surface area (Å²) in [6.07, 6.45) is 0.256. The van der Waals surface area contributed by atoms with Crippen molar-refractivity contribution in [1.82, 2.24) is 5.01 Å². The van der Waals surface area contributed by atoms with E-state index in [9.17, 15) is 0 Å². The number of hydrazone groups is 1. The van der Waals surface area contributed by atoms with Gasteiger partial charge in [0, 0.05) is 27.6 Å². The summed E-state index contributed by atoms with van der Waals surface area (Å²) >= 11 is 19.1. The van der Waals surface area contributed by atoms with Gasteiger partial charge < -0.3 is 9.47 Å². The summed E-state index contributed by atoms with van der Waals surface area (Å²) in [6.45, 7) is 0. The minimum atomic E-state index is -0.448. The molecule has 152 valence electrons. The summed E-state index contributed by atoms with van der Waals surface area (Å²) in [5.41, 5.74) is 3.83. The summed E-state index contributed by atoms with van der Waals surface area (Å²) in [7, 11) is 1.65. The van der Waals surface area contributed by atoms with Gasteiger partial charge in [-0.25, -0.2) is 5.01 Å². The lowest BCUT2D eigenvalue weighted by molar-refractivity contribution is -0.0189. The Morgan fingerprint density at radius 3 is 2.53 bits per heavy atom. The van der Waals surface area contributed by atoms with Crippen molar-refractivity contribution < 1.29 is 9.47 Å². The monoisotopic (exact) mass is 458 g/mol. The number of methoxy groups -OCH3 is 1.